The zero-order chi connectivity index (χ0) is 12.5. The fourth-order valence-electron chi connectivity index (χ4n) is 2.22. The van der Waals surface area contributed by atoms with Gasteiger partial charge in [0.25, 0.3) is 0 Å². The van der Waals surface area contributed by atoms with Crippen molar-refractivity contribution in [3.63, 3.8) is 0 Å². The SMILES string of the molecule is COc1ccc(-c2nc3n(c2CN)CCS3)cc1. The quantitative estimate of drug-likeness (QED) is 0.919. The first-order valence-corrected chi connectivity index (χ1v) is 6.88. The number of fused-ring (bicyclic) bond motifs is 1. The Morgan fingerprint density at radius 3 is 2.83 bits per heavy atom. The van der Waals surface area contributed by atoms with E-state index < -0.39 is 0 Å². The molecule has 4 nitrogen and oxygen atoms in total. The molecule has 0 spiro atoms. The number of nitrogens with zero attached hydrogens (tertiary/aromatic N) is 2. The van der Waals surface area contributed by atoms with Crippen LogP contribution < -0.4 is 10.5 Å². The van der Waals surface area contributed by atoms with Crippen molar-refractivity contribution in [3.05, 3.63) is 30.0 Å². The van der Waals surface area contributed by atoms with Crippen LogP contribution in [0.15, 0.2) is 29.4 Å². The molecule has 0 bridgehead atoms. The zero-order valence-corrected chi connectivity index (χ0v) is 11.0. The van der Waals surface area contributed by atoms with Gasteiger partial charge in [-0.3, -0.25) is 0 Å². The number of methoxy groups -OCH3 is 1. The van der Waals surface area contributed by atoms with E-state index in [2.05, 4.69) is 4.57 Å². The molecular formula is C13H15N3OS. The Hall–Kier alpha value is -1.46. The minimum Gasteiger partial charge on any atom is -0.497 e. The molecule has 18 heavy (non-hydrogen) atoms. The van der Waals surface area contributed by atoms with E-state index in [-0.39, 0.29) is 0 Å². The molecule has 1 aromatic carbocycles. The highest BCUT2D eigenvalue weighted by Crippen LogP contribution is 2.33. The molecule has 0 radical (unpaired) electrons. The Morgan fingerprint density at radius 2 is 2.17 bits per heavy atom. The molecule has 0 amide bonds. The lowest BCUT2D eigenvalue weighted by molar-refractivity contribution is 0.415. The average molecular weight is 261 g/mol. The van der Waals surface area contributed by atoms with E-state index in [0.29, 0.717) is 6.54 Å². The second-order valence-electron chi connectivity index (χ2n) is 4.12. The van der Waals surface area contributed by atoms with Crippen LogP contribution in [0.4, 0.5) is 0 Å². The van der Waals surface area contributed by atoms with Crippen molar-refractivity contribution >= 4 is 11.8 Å². The standard InChI is InChI=1S/C13H15N3OS/c1-17-10-4-2-9(3-5-10)12-11(8-14)16-6-7-18-13(16)15-12/h2-5H,6-8,14H2,1H3. The normalized spacial score (nSPS) is 13.7. The molecule has 2 aromatic rings. The molecule has 0 atom stereocenters. The van der Waals surface area contributed by atoms with Crippen LogP contribution in [-0.2, 0) is 13.1 Å². The summed E-state index contributed by atoms with van der Waals surface area (Å²) in [6.45, 7) is 1.53. The van der Waals surface area contributed by atoms with Gasteiger partial charge < -0.3 is 15.0 Å². The van der Waals surface area contributed by atoms with Gasteiger partial charge in [0.2, 0.25) is 0 Å². The maximum Gasteiger partial charge on any atom is 0.168 e. The van der Waals surface area contributed by atoms with Crippen molar-refractivity contribution in [1.29, 1.82) is 0 Å². The van der Waals surface area contributed by atoms with Crippen molar-refractivity contribution in [2.75, 3.05) is 12.9 Å². The lowest BCUT2D eigenvalue weighted by Crippen LogP contribution is -2.07. The van der Waals surface area contributed by atoms with Crippen LogP contribution >= 0.6 is 11.8 Å². The number of rotatable bonds is 3. The topological polar surface area (TPSA) is 53.1 Å². The molecule has 1 aromatic heterocycles. The molecule has 94 valence electrons. The molecule has 1 aliphatic rings. The summed E-state index contributed by atoms with van der Waals surface area (Å²) in [6.07, 6.45) is 0. The Bertz CT molecular complexity index is 562. The lowest BCUT2D eigenvalue weighted by atomic mass is 10.1. The van der Waals surface area contributed by atoms with Crippen LogP contribution in [-0.4, -0.2) is 22.4 Å². The average Bonchev–Trinajstić information content (AvgIpc) is 2.98. The summed E-state index contributed by atoms with van der Waals surface area (Å²) >= 11 is 1.79. The largest absolute Gasteiger partial charge is 0.497 e. The predicted octanol–water partition coefficient (Wildman–Crippen LogP) is 2.12. The van der Waals surface area contributed by atoms with Gasteiger partial charge in [0.15, 0.2) is 5.16 Å². The summed E-state index contributed by atoms with van der Waals surface area (Å²) in [5.74, 6) is 1.95. The number of imidazole rings is 1. The molecule has 2 N–H and O–H groups in total. The second kappa shape index (κ2) is 4.66. The summed E-state index contributed by atoms with van der Waals surface area (Å²) in [7, 11) is 1.67. The van der Waals surface area contributed by atoms with E-state index in [1.165, 1.54) is 0 Å². The molecule has 0 saturated carbocycles. The Balaban J connectivity index is 2.05. The van der Waals surface area contributed by atoms with Crippen molar-refractivity contribution in [1.82, 2.24) is 9.55 Å². The van der Waals surface area contributed by atoms with Crippen molar-refractivity contribution in [2.45, 2.75) is 18.2 Å². The van der Waals surface area contributed by atoms with E-state index in [0.717, 1.165) is 40.2 Å². The Morgan fingerprint density at radius 1 is 1.39 bits per heavy atom. The van der Waals surface area contributed by atoms with Gasteiger partial charge in [0.05, 0.1) is 18.5 Å². The third-order valence-electron chi connectivity index (χ3n) is 3.14. The highest BCUT2D eigenvalue weighted by molar-refractivity contribution is 7.99. The van der Waals surface area contributed by atoms with E-state index in [1.807, 2.05) is 24.3 Å². The molecule has 0 aliphatic carbocycles. The summed E-state index contributed by atoms with van der Waals surface area (Å²) in [4.78, 5) is 4.69. The van der Waals surface area contributed by atoms with E-state index in [4.69, 9.17) is 15.5 Å². The van der Waals surface area contributed by atoms with Crippen LogP contribution in [0.25, 0.3) is 11.3 Å². The highest BCUT2D eigenvalue weighted by Gasteiger charge is 2.21. The number of aromatic nitrogens is 2. The van der Waals surface area contributed by atoms with Gasteiger partial charge in [0, 0.05) is 24.4 Å². The van der Waals surface area contributed by atoms with E-state index in [1.54, 1.807) is 18.9 Å². The fraction of sp³-hybridized carbons (Fsp3) is 0.308. The maximum absolute atomic E-state index is 5.87. The van der Waals surface area contributed by atoms with Gasteiger partial charge in [0.1, 0.15) is 5.75 Å². The molecule has 2 heterocycles. The molecule has 0 saturated heterocycles. The first-order chi connectivity index (χ1) is 8.83. The minimum absolute atomic E-state index is 0.523. The fourth-order valence-corrected chi connectivity index (χ4v) is 3.19. The summed E-state index contributed by atoms with van der Waals surface area (Å²) in [5.41, 5.74) is 9.09. The van der Waals surface area contributed by atoms with Crippen LogP contribution in [0.1, 0.15) is 5.69 Å². The number of nitrogens with two attached hydrogens (primary N) is 1. The molecule has 3 rings (SSSR count). The number of hydrogen-bond acceptors (Lipinski definition) is 4. The third kappa shape index (κ3) is 1.79. The number of benzene rings is 1. The number of ether oxygens (including phenoxy) is 1. The van der Waals surface area contributed by atoms with Crippen molar-refractivity contribution in [3.8, 4) is 17.0 Å². The number of hydrogen-bond donors (Lipinski definition) is 1. The molecule has 1 aliphatic heterocycles. The Labute approximate surface area is 110 Å². The van der Waals surface area contributed by atoms with Gasteiger partial charge >= 0.3 is 0 Å². The van der Waals surface area contributed by atoms with Crippen molar-refractivity contribution in [2.24, 2.45) is 5.73 Å². The van der Waals surface area contributed by atoms with E-state index in [9.17, 15) is 0 Å². The molecular weight excluding hydrogens is 246 g/mol. The predicted molar refractivity (Wildman–Crippen MR) is 72.8 cm³/mol. The van der Waals surface area contributed by atoms with Crippen LogP contribution in [0.5, 0.6) is 5.75 Å². The van der Waals surface area contributed by atoms with Crippen molar-refractivity contribution < 1.29 is 4.74 Å². The lowest BCUT2D eigenvalue weighted by Gasteiger charge is -2.05. The summed E-state index contributed by atoms with van der Waals surface area (Å²) < 4.78 is 7.39. The first-order valence-electron chi connectivity index (χ1n) is 5.90. The van der Waals surface area contributed by atoms with Crippen LogP contribution in [0.3, 0.4) is 0 Å². The second-order valence-corrected chi connectivity index (χ2v) is 5.18. The maximum atomic E-state index is 5.87. The Kier molecular flexibility index (Phi) is 3.01. The molecule has 5 heteroatoms. The first kappa shape index (κ1) is 11.6. The number of thioether (sulfide) groups is 1. The highest BCUT2D eigenvalue weighted by atomic mass is 32.2. The minimum atomic E-state index is 0.523. The van der Waals surface area contributed by atoms with Gasteiger partial charge in [-0.05, 0) is 24.3 Å². The summed E-state index contributed by atoms with van der Waals surface area (Å²) in [6, 6.07) is 7.96. The monoisotopic (exact) mass is 261 g/mol. The third-order valence-corrected chi connectivity index (χ3v) is 4.10. The van der Waals surface area contributed by atoms with Crippen LogP contribution in [0, 0.1) is 0 Å². The van der Waals surface area contributed by atoms with Gasteiger partial charge in [-0.1, -0.05) is 11.8 Å². The van der Waals surface area contributed by atoms with Gasteiger partial charge in [-0.2, -0.15) is 0 Å². The molecule has 0 fully saturated rings. The van der Waals surface area contributed by atoms with Gasteiger partial charge in [-0.15, -0.1) is 0 Å². The zero-order valence-electron chi connectivity index (χ0n) is 10.2. The van der Waals surface area contributed by atoms with E-state index >= 15 is 0 Å². The van der Waals surface area contributed by atoms with Gasteiger partial charge in [-0.25, -0.2) is 4.98 Å². The summed E-state index contributed by atoms with van der Waals surface area (Å²) in [5, 5.41) is 1.08. The van der Waals surface area contributed by atoms with Crippen LogP contribution in [0.2, 0.25) is 0 Å². The molecule has 0 unspecified atom stereocenters. The smallest absolute Gasteiger partial charge is 0.168 e.